The van der Waals surface area contributed by atoms with Crippen LogP contribution in [0.15, 0.2) is 0 Å². The first-order chi connectivity index (χ1) is 7.26. The Morgan fingerprint density at radius 2 is 2.07 bits per heavy atom. The van der Waals surface area contributed by atoms with Crippen LogP contribution >= 0.6 is 0 Å². The molecule has 0 atom stereocenters. The minimum Gasteiger partial charge on any atom is -0.345 e. The molecule has 0 saturated carbocycles. The number of hydrogen-bond donors (Lipinski definition) is 0. The largest absolute Gasteiger partial charge is 0.345 e. The summed E-state index contributed by atoms with van der Waals surface area (Å²) in [6.07, 6.45) is 5.90. The van der Waals surface area contributed by atoms with Crippen LogP contribution in [-0.2, 0) is 4.79 Å². The number of carbonyl (C=O) groups excluding carboxylic acids is 1. The van der Waals surface area contributed by atoms with Crippen LogP contribution in [0.5, 0.6) is 0 Å². The molecule has 0 radical (unpaired) electrons. The molecule has 3 heteroatoms. The zero-order valence-electron chi connectivity index (χ0n) is 10.1. The molecular weight excluding hydrogens is 188 g/mol. The van der Waals surface area contributed by atoms with Crippen LogP contribution in [0, 0.1) is 5.92 Å². The third-order valence-electron chi connectivity index (χ3n) is 3.26. The average Bonchev–Trinajstić information content (AvgIpc) is 2.27. The molecule has 0 unspecified atom stereocenters. The van der Waals surface area contributed by atoms with Crippen LogP contribution in [-0.4, -0.2) is 49.4 Å². The second-order valence-electron chi connectivity index (χ2n) is 4.70. The van der Waals surface area contributed by atoms with E-state index in [0.29, 0.717) is 0 Å². The van der Waals surface area contributed by atoms with Crippen LogP contribution < -0.4 is 0 Å². The van der Waals surface area contributed by atoms with Gasteiger partial charge in [-0.3, -0.25) is 4.79 Å². The number of rotatable bonds is 6. The summed E-state index contributed by atoms with van der Waals surface area (Å²) < 4.78 is 0. The highest BCUT2D eigenvalue weighted by atomic mass is 16.1. The van der Waals surface area contributed by atoms with Gasteiger partial charge < -0.3 is 9.80 Å². The number of amides is 1. The predicted molar refractivity (Wildman–Crippen MR) is 62.8 cm³/mol. The fraction of sp³-hybridized carbons (Fsp3) is 0.917. The Labute approximate surface area is 93.4 Å². The third-order valence-corrected chi connectivity index (χ3v) is 3.26. The van der Waals surface area contributed by atoms with Gasteiger partial charge in [0.25, 0.3) is 0 Å². The first-order valence-corrected chi connectivity index (χ1v) is 6.14. The lowest BCUT2D eigenvalue weighted by Gasteiger charge is -2.31. The van der Waals surface area contributed by atoms with Crippen LogP contribution in [0.1, 0.15) is 32.6 Å². The van der Waals surface area contributed by atoms with Crippen molar-refractivity contribution >= 4 is 6.41 Å². The first-order valence-electron chi connectivity index (χ1n) is 6.14. The molecule has 0 aromatic heterocycles. The van der Waals surface area contributed by atoms with Gasteiger partial charge in [-0.05, 0) is 38.8 Å². The van der Waals surface area contributed by atoms with Gasteiger partial charge in [-0.2, -0.15) is 0 Å². The van der Waals surface area contributed by atoms with Gasteiger partial charge in [-0.15, -0.1) is 0 Å². The predicted octanol–water partition coefficient (Wildman–Crippen LogP) is 1.59. The molecule has 0 aromatic carbocycles. The Morgan fingerprint density at radius 1 is 1.40 bits per heavy atom. The van der Waals surface area contributed by atoms with Crippen molar-refractivity contribution in [3.05, 3.63) is 0 Å². The lowest BCUT2D eigenvalue weighted by atomic mass is 9.96. The topological polar surface area (TPSA) is 23.6 Å². The van der Waals surface area contributed by atoms with Crippen molar-refractivity contribution < 1.29 is 4.79 Å². The average molecular weight is 212 g/mol. The van der Waals surface area contributed by atoms with Gasteiger partial charge in [0.1, 0.15) is 0 Å². The van der Waals surface area contributed by atoms with Gasteiger partial charge in [0, 0.05) is 19.6 Å². The number of unbranched alkanes of at least 4 members (excludes halogenated alkanes) is 1. The number of nitrogens with zero attached hydrogens (tertiary/aromatic N) is 2. The minimum absolute atomic E-state index is 0.794. The lowest BCUT2D eigenvalue weighted by molar-refractivity contribution is -0.119. The van der Waals surface area contributed by atoms with E-state index in [1.165, 1.54) is 38.8 Å². The van der Waals surface area contributed by atoms with Crippen molar-refractivity contribution in [2.45, 2.75) is 32.6 Å². The van der Waals surface area contributed by atoms with Crippen molar-refractivity contribution in [1.82, 2.24) is 9.80 Å². The van der Waals surface area contributed by atoms with E-state index in [9.17, 15) is 4.79 Å². The van der Waals surface area contributed by atoms with Gasteiger partial charge >= 0.3 is 0 Å². The normalized spacial score (nSPS) is 18.5. The number of hydrogen-bond acceptors (Lipinski definition) is 2. The number of likely N-dealkylation sites (tertiary alicyclic amines) is 1. The number of carbonyl (C=O) groups is 1. The van der Waals surface area contributed by atoms with Crippen molar-refractivity contribution in [3.8, 4) is 0 Å². The molecular formula is C12H24N2O. The van der Waals surface area contributed by atoms with Crippen LogP contribution in [0.3, 0.4) is 0 Å². The summed E-state index contributed by atoms with van der Waals surface area (Å²) >= 11 is 0. The smallest absolute Gasteiger partial charge is 0.209 e. The maximum atomic E-state index is 10.5. The molecule has 1 aliphatic heterocycles. The first kappa shape index (κ1) is 12.5. The zero-order chi connectivity index (χ0) is 11.1. The molecule has 88 valence electrons. The fourth-order valence-electron chi connectivity index (χ4n) is 2.20. The molecule has 1 fully saturated rings. The summed E-state index contributed by atoms with van der Waals surface area (Å²) in [7, 11) is 2.21. The molecule has 1 amide bonds. The Bertz CT molecular complexity index is 176. The number of piperidine rings is 1. The maximum absolute atomic E-state index is 10.5. The highest BCUT2D eigenvalue weighted by Crippen LogP contribution is 2.16. The van der Waals surface area contributed by atoms with E-state index in [1.54, 1.807) is 0 Å². The highest BCUT2D eigenvalue weighted by molar-refractivity contribution is 5.47. The molecule has 0 N–H and O–H groups in total. The monoisotopic (exact) mass is 212 g/mol. The third kappa shape index (κ3) is 4.65. The summed E-state index contributed by atoms with van der Waals surface area (Å²) in [6.45, 7) is 6.55. The van der Waals surface area contributed by atoms with Crippen LogP contribution in [0.25, 0.3) is 0 Å². The second-order valence-corrected chi connectivity index (χ2v) is 4.70. The minimum atomic E-state index is 0.794. The standard InChI is InChI=1S/C12H24N2O/c1-3-4-7-13(2)10-12-5-8-14(11-15)9-6-12/h11-12H,3-10H2,1-2H3. The molecule has 0 aromatic rings. The summed E-state index contributed by atoms with van der Waals surface area (Å²) in [4.78, 5) is 14.9. The van der Waals surface area contributed by atoms with E-state index in [2.05, 4.69) is 18.9 Å². The summed E-state index contributed by atoms with van der Waals surface area (Å²) in [6, 6.07) is 0. The lowest BCUT2D eigenvalue weighted by Crippen LogP contribution is -2.37. The Hall–Kier alpha value is -0.570. The maximum Gasteiger partial charge on any atom is 0.209 e. The van der Waals surface area contributed by atoms with Crippen molar-refractivity contribution in [2.24, 2.45) is 5.92 Å². The van der Waals surface area contributed by atoms with E-state index >= 15 is 0 Å². The van der Waals surface area contributed by atoms with E-state index in [0.717, 1.165) is 25.4 Å². The molecule has 3 nitrogen and oxygen atoms in total. The second kappa shape index (κ2) is 6.83. The van der Waals surface area contributed by atoms with E-state index in [1.807, 2.05) is 4.90 Å². The van der Waals surface area contributed by atoms with Gasteiger partial charge in [-0.1, -0.05) is 13.3 Å². The summed E-state index contributed by atoms with van der Waals surface area (Å²) in [5.74, 6) is 0.794. The molecule has 0 bridgehead atoms. The Kier molecular flexibility index (Phi) is 5.69. The van der Waals surface area contributed by atoms with Crippen molar-refractivity contribution in [2.75, 3.05) is 33.2 Å². The summed E-state index contributed by atoms with van der Waals surface area (Å²) in [5.41, 5.74) is 0. The Morgan fingerprint density at radius 3 is 2.60 bits per heavy atom. The molecule has 1 rings (SSSR count). The zero-order valence-corrected chi connectivity index (χ0v) is 10.1. The van der Waals surface area contributed by atoms with E-state index < -0.39 is 0 Å². The van der Waals surface area contributed by atoms with E-state index in [-0.39, 0.29) is 0 Å². The van der Waals surface area contributed by atoms with E-state index in [4.69, 9.17) is 0 Å². The van der Waals surface area contributed by atoms with Crippen LogP contribution in [0.4, 0.5) is 0 Å². The quantitative estimate of drug-likeness (QED) is 0.624. The van der Waals surface area contributed by atoms with Crippen LogP contribution in [0.2, 0.25) is 0 Å². The molecule has 0 spiro atoms. The van der Waals surface area contributed by atoms with Gasteiger partial charge in [0.05, 0.1) is 0 Å². The molecule has 1 aliphatic rings. The Balaban J connectivity index is 2.14. The van der Waals surface area contributed by atoms with Crippen molar-refractivity contribution in [1.29, 1.82) is 0 Å². The van der Waals surface area contributed by atoms with Crippen molar-refractivity contribution in [3.63, 3.8) is 0 Å². The SMILES string of the molecule is CCCCN(C)CC1CCN(C=O)CC1. The summed E-state index contributed by atoms with van der Waals surface area (Å²) in [5, 5.41) is 0. The van der Waals surface area contributed by atoms with Gasteiger partial charge in [0.2, 0.25) is 6.41 Å². The molecule has 0 aliphatic carbocycles. The highest BCUT2D eigenvalue weighted by Gasteiger charge is 2.18. The van der Waals surface area contributed by atoms with Gasteiger partial charge in [0.15, 0.2) is 0 Å². The van der Waals surface area contributed by atoms with Gasteiger partial charge in [-0.25, -0.2) is 0 Å². The molecule has 1 saturated heterocycles. The molecule has 1 heterocycles. The molecule has 15 heavy (non-hydrogen) atoms. The fourth-order valence-corrected chi connectivity index (χ4v) is 2.20.